The maximum atomic E-state index is 13.0. The lowest BCUT2D eigenvalue weighted by Gasteiger charge is -2.36. The molecule has 2 aromatic heterocycles. The van der Waals surface area contributed by atoms with Gasteiger partial charge < -0.3 is 9.42 Å². The first kappa shape index (κ1) is 16.3. The summed E-state index contributed by atoms with van der Waals surface area (Å²) in [5, 5.41) is 6.03. The molecule has 0 N–H and O–H groups in total. The molecule has 1 aromatic carbocycles. The zero-order valence-electron chi connectivity index (χ0n) is 13.9. The zero-order valence-corrected chi connectivity index (χ0v) is 14.7. The van der Waals surface area contributed by atoms with Crippen molar-refractivity contribution < 1.29 is 8.91 Å². The Hall–Kier alpha value is -2.18. The van der Waals surface area contributed by atoms with Gasteiger partial charge in [0.15, 0.2) is 5.76 Å². The first-order valence-electron chi connectivity index (χ1n) is 8.50. The first-order valence-corrected chi connectivity index (χ1v) is 9.38. The van der Waals surface area contributed by atoms with Crippen LogP contribution < -0.4 is 4.90 Å². The van der Waals surface area contributed by atoms with Gasteiger partial charge in [0.2, 0.25) is 0 Å². The van der Waals surface area contributed by atoms with Gasteiger partial charge in [-0.3, -0.25) is 4.90 Å². The van der Waals surface area contributed by atoms with Crippen molar-refractivity contribution >= 4 is 17.0 Å². The van der Waals surface area contributed by atoms with E-state index in [1.165, 1.54) is 17.7 Å². The highest BCUT2D eigenvalue weighted by atomic mass is 32.1. The van der Waals surface area contributed by atoms with E-state index in [1.807, 2.05) is 24.4 Å². The molecule has 4 rings (SSSR count). The van der Waals surface area contributed by atoms with Gasteiger partial charge in [0.25, 0.3) is 0 Å². The van der Waals surface area contributed by atoms with Gasteiger partial charge in [-0.15, -0.1) is 11.3 Å². The number of aromatic nitrogens is 1. The number of piperazine rings is 1. The number of hydrogen-bond acceptors (Lipinski definition) is 5. The van der Waals surface area contributed by atoms with Crippen LogP contribution in [0.15, 0.2) is 52.5 Å². The predicted molar refractivity (Wildman–Crippen MR) is 98.6 cm³/mol. The Morgan fingerprint density at radius 2 is 1.88 bits per heavy atom. The topological polar surface area (TPSA) is 32.5 Å². The van der Waals surface area contributed by atoms with Gasteiger partial charge in [0.05, 0.1) is 11.1 Å². The number of halogens is 1. The molecule has 4 nitrogen and oxygen atoms in total. The molecule has 1 aliphatic heterocycles. The lowest BCUT2D eigenvalue weighted by Crippen LogP contribution is -2.47. The van der Waals surface area contributed by atoms with E-state index in [0.29, 0.717) is 0 Å². The minimum atomic E-state index is -0.183. The zero-order chi connectivity index (χ0) is 17.1. The van der Waals surface area contributed by atoms with Crippen LogP contribution in [0.25, 0.3) is 10.6 Å². The summed E-state index contributed by atoms with van der Waals surface area (Å²) >= 11 is 1.67. The SMILES string of the molecule is Fc1ccc(N2CCN(CCc3cnoc3-c3cccs3)CC2)cc1. The maximum Gasteiger partial charge on any atom is 0.179 e. The van der Waals surface area contributed by atoms with Gasteiger partial charge in [-0.2, -0.15) is 0 Å². The van der Waals surface area contributed by atoms with Gasteiger partial charge in [-0.25, -0.2) is 4.39 Å². The van der Waals surface area contributed by atoms with Crippen LogP contribution >= 0.6 is 11.3 Å². The van der Waals surface area contributed by atoms with E-state index in [9.17, 15) is 4.39 Å². The van der Waals surface area contributed by atoms with Crippen LogP contribution in [0.5, 0.6) is 0 Å². The molecule has 3 aromatic rings. The third kappa shape index (κ3) is 3.75. The molecule has 1 aliphatic rings. The molecule has 0 spiro atoms. The van der Waals surface area contributed by atoms with Crippen molar-refractivity contribution in [1.29, 1.82) is 0 Å². The van der Waals surface area contributed by atoms with Crippen molar-refractivity contribution in [3.05, 3.63) is 59.4 Å². The van der Waals surface area contributed by atoms with E-state index in [-0.39, 0.29) is 5.82 Å². The largest absolute Gasteiger partial charge is 0.369 e. The minimum Gasteiger partial charge on any atom is -0.369 e. The van der Waals surface area contributed by atoms with Gasteiger partial charge in [-0.05, 0) is 42.1 Å². The molecular weight excluding hydrogens is 337 g/mol. The van der Waals surface area contributed by atoms with E-state index in [0.717, 1.165) is 55.5 Å². The van der Waals surface area contributed by atoms with E-state index < -0.39 is 0 Å². The van der Waals surface area contributed by atoms with Crippen molar-refractivity contribution in [2.24, 2.45) is 0 Å². The van der Waals surface area contributed by atoms with Crippen molar-refractivity contribution in [3.63, 3.8) is 0 Å². The van der Waals surface area contributed by atoms with Crippen LogP contribution in [0.4, 0.5) is 10.1 Å². The fourth-order valence-electron chi connectivity index (χ4n) is 3.21. The smallest absolute Gasteiger partial charge is 0.179 e. The molecule has 1 fully saturated rings. The first-order chi connectivity index (χ1) is 12.3. The molecule has 0 unspecified atom stereocenters. The Balaban J connectivity index is 1.31. The van der Waals surface area contributed by atoms with Crippen molar-refractivity contribution in [2.75, 3.05) is 37.6 Å². The average molecular weight is 357 g/mol. The molecule has 25 heavy (non-hydrogen) atoms. The standard InChI is InChI=1S/C19H20FN3OS/c20-16-3-5-17(6-4-16)23-11-9-22(10-12-23)8-7-15-14-21-24-19(15)18-2-1-13-25-18/h1-6,13-14H,7-12H2. The Morgan fingerprint density at radius 1 is 1.08 bits per heavy atom. The number of benzene rings is 1. The highest BCUT2D eigenvalue weighted by Crippen LogP contribution is 2.28. The molecule has 1 saturated heterocycles. The second kappa shape index (κ2) is 7.37. The number of rotatable bonds is 5. The average Bonchev–Trinajstić information content (AvgIpc) is 3.32. The monoisotopic (exact) mass is 357 g/mol. The second-order valence-electron chi connectivity index (χ2n) is 6.21. The highest BCUT2D eigenvalue weighted by Gasteiger charge is 2.18. The Bertz CT molecular complexity index is 792. The molecule has 0 aliphatic carbocycles. The molecule has 6 heteroatoms. The number of anilines is 1. The van der Waals surface area contributed by atoms with Crippen LogP contribution in [0.2, 0.25) is 0 Å². The third-order valence-corrected chi connectivity index (χ3v) is 5.52. The third-order valence-electron chi connectivity index (χ3n) is 4.65. The van der Waals surface area contributed by atoms with Crippen molar-refractivity contribution in [1.82, 2.24) is 10.1 Å². The summed E-state index contributed by atoms with van der Waals surface area (Å²) in [6, 6.07) is 10.9. The molecule has 0 amide bonds. The van der Waals surface area contributed by atoms with E-state index in [4.69, 9.17) is 4.52 Å². The summed E-state index contributed by atoms with van der Waals surface area (Å²) in [7, 11) is 0. The summed E-state index contributed by atoms with van der Waals surface area (Å²) in [5.41, 5.74) is 2.27. The predicted octanol–water partition coefficient (Wildman–Crippen LogP) is 3.91. The number of nitrogens with zero attached hydrogens (tertiary/aromatic N) is 3. The van der Waals surface area contributed by atoms with Gasteiger partial charge in [0.1, 0.15) is 5.82 Å². The molecule has 3 heterocycles. The molecular formula is C19H20FN3OS. The van der Waals surface area contributed by atoms with Crippen molar-refractivity contribution in [2.45, 2.75) is 6.42 Å². The fourth-order valence-corrected chi connectivity index (χ4v) is 3.95. The van der Waals surface area contributed by atoms with Crippen LogP contribution in [0, 0.1) is 5.82 Å². The Labute approximate surface area is 150 Å². The molecule has 0 radical (unpaired) electrons. The van der Waals surface area contributed by atoms with Crippen LogP contribution in [0.1, 0.15) is 5.56 Å². The van der Waals surface area contributed by atoms with Gasteiger partial charge >= 0.3 is 0 Å². The molecule has 130 valence electrons. The van der Waals surface area contributed by atoms with Crippen LogP contribution in [0.3, 0.4) is 0 Å². The fraction of sp³-hybridized carbons (Fsp3) is 0.316. The van der Waals surface area contributed by atoms with Gasteiger partial charge in [0, 0.05) is 44.0 Å². The maximum absolute atomic E-state index is 13.0. The highest BCUT2D eigenvalue weighted by molar-refractivity contribution is 7.13. The lowest BCUT2D eigenvalue weighted by molar-refractivity contribution is 0.261. The van der Waals surface area contributed by atoms with Crippen LogP contribution in [-0.4, -0.2) is 42.8 Å². The number of thiophene rings is 1. The molecule has 0 atom stereocenters. The Morgan fingerprint density at radius 3 is 2.60 bits per heavy atom. The summed E-state index contributed by atoms with van der Waals surface area (Å²) in [4.78, 5) is 5.91. The second-order valence-corrected chi connectivity index (χ2v) is 7.16. The van der Waals surface area contributed by atoms with E-state index in [2.05, 4.69) is 26.4 Å². The van der Waals surface area contributed by atoms with E-state index in [1.54, 1.807) is 11.3 Å². The van der Waals surface area contributed by atoms with Crippen molar-refractivity contribution in [3.8, 4) is 10.6 Å². The van der Waals surface area contributed by atoms with E-state index >= 15 is 0 Å². The Kier molecular flexibility index (Phi) is 4.81. The summed E-state index contributed by atoms with van der Waals surface area (Å²) in [5.74, 6) is 0.720. The lowest BCUT2D eigenvalue weighted by atomic mass is 10.1. The van der Waals surface area contributed by atoms with Crippen LogP contribution in [-0.2, 0) is 6.42 Å². The molecule has 0 bridgehead atoms. The summed E-state index contributed by atoms with van der Waals surface area (Å²) in [6.07, 6.45) is 2.77. The minimum absolute atomic E-state index is 0.183. The molecule has 0 saturated carbocycles. The quantitative estimate of drug-likeness (QED) is 0.693. The summed E-state index contributed by atoms with van der Waals surface area (Å²) < 4.78 is 18.5. The number of hydrogen-bond donors (Lipinski definition) is 0. The van der Waals surface area contributed by atoms with Gasteiger partial charge in [-0.1, -0.05) is 11.2 Å². The normalized spacial score (nSPS) is 15.6. The summed E-state index contributed by atoms with van der Waals surface area (Å²) in [6.45, 7) is 4.95.